The average Bonchev–Trinajstić information content (AvgIpc) is 2.78. The normalized spacial score (nSPS) is 32.3. The first-order chi connectivity index (χ1) is 18.0. The number of phenolic OH excluding ortho intramolecular Hbond substituents is 1. The molecule has 0 radical (unpaired) electrons. The number of fused-ring (bicyclic) bond motifs is 3. The number of primary amides is 1. The molecule has 5 N–H and O–H groups in total. The van der Waals surface area contributed by atoms with Crippen LogP contribution >= 0.6 is 0 Å². The van der Waals surface area contributed by atoms with Crippen LogP contribution in [0.3, 0.4) is 0 Å². The number of carbonyl (C=O) groups excluding carboxylic acids is 6. The highest BCUT2D eigenvalue weighted by Crippen LogP contribution is 2.53. The van der Waals surface area contributed by atoms with E-state index in [0.29, 0.717) is 5.56 Å². The minimum Gasteiger partial charge on any atom is -0.505 e. The van der Waals surface area contributed by atoms with Crippen LogP contribution in [-0.2, 0) is 23.9 Å². The fourth-order valence-electron chi connectivity index (χ4n) is 6.49. The predicted molar refractivity (Wildman–Crippen MR) is 136 cm³/mol. The van der Waals surface area contributed by atoms with Crippen molar-refractivity contribution >= 4 is 40.8 Å². The number of anilines is 1. The number of nitrogens with one attached hydrogen (secondary N) is 1. The van der Waals surface area contributed by atoms with Crippen molar-refractivity contribution in [3.8, 4) is 5.75 Å². The van der Waals surface area contributed by atoms with Gasteiger partial charge in [-0.1, -0.05) is 13.0 Å². The van der Waals surface area contributed by atoms with E-state index in [9.17, 15) is 39.0 Å². The van der Waals surface area contributed by atoms with E-state index in [-0.39, 0.29) is 11.3 Å². The first-order valence-corrected chi connectivity index (χ1v) is 12.6. The number of Topliss-reactive ketones (excluding diaryl/α,β-unsaturated/α-hetero) is 4. The van der Waals surface area contributed by atoms with E-state index in [4.69, 9.17) is 10.5 Å². The Kier molecular flexibility index (Phi) is 6.93. The van der Waals surface area contributed by atoms with Gasteiger partial charge in [0.05, 0.1) is 35.2 Å². The molecule has 3 aliphatic carbocycles. The lowest BCUT2D eigenvalue weighted by Crippen LogP contribution is -2.69. The van der Waals surface area contributed by atoms with Gasteiger partial charge < -0.3 is 20.7 Å². The summed E-state index contributed by atoms with van der Waals surface area (Å²) in [6, 6.07) is 1.73. The molecule has 2 saturated carbocycles. The Balaban J connectivity index is 1.80. The van der Waals surface area contributed by atoms with E-state index >= 15 is 0 Å². The van der Waals surface area contributed by atoms with Crippen LogP contribution in [0.15, 0.2) is 12.1 Å². The second kappa shape index (κ2) is 9.53. The molecule has 1 aromatic rings. The van der Waals surface area contributed by atoms with Crippen molar-refractivity contribution in [2.45, 2.75) is 51.4 Å². The molecular weight excluding hydrogens is 510 g/mol. The molecule has 1 aromatic carbocycles. The van der Waals surface area contributed by atoms with E-state index in [1.165, 1.54) is 31.1 Å². The summed E-state index contributed by atoms with van der Waals surface area (Å²) in [7, 11) is 3.05. The Morgan fingerprint density at radius 3 is 2.15 bits per heavy atom. The molecule has 2 amide bonds. The maximum absolute atomic E-state index is 13.9. The minimum absolute atomic E-state index is 0.121. The number of aliphatic hydroxyl groups is 1. The highest BCUT2D eigenvalue weighted by Gasteiger charge is 2.65. The van der Waals surface area contributed by atoms with Crippen molar-refractivity contribution in [2.24, 2.45) is 35.3 Å². The summed E-state index contributed by atoms with van der Waals surface area (Å²) in [6.45, 7) is 6.63. The zero-order valence-electron chi connectivity index (χ0n) is 22.6. The van der Waals surface area contributed by atoms with Crippen molar-refractivity contribution in [3.05, 3.63) is 23.3 Å². The van der Waals surface area contributed by atoms with Crippen LogP contribution in [0.2, 0.25) is 0 Å². The van der Waals surface area contributed by atoms with Gasteiger partial charge in [0.2, 0.25) is 5.91 Å². The largest absolute Gasteiger partial charge is 0.505 e. The van der Waals surface area contributed by atoms with Gasteiger partial charge in [-0.05, 0) is 52.4 Å². The quantitative estimate of drug-likeness (QED) is 0.310. The third kappa shape index (κ3) is 4.41. The molecule has 12 heteroatoms. The van der Waals surface area contributed by atoms with Crippen LogP contribution in [0.25, 0.3) is 0 Å². The van der Waals surface area contributed by atoms with Crippen LogP contribution in [-0.4, -0.2) is 82.1 Å². The van der Waals surface area contributed by atoms with Crippen molar-refractivity contribution in [1.82, 2.24) is 4.90 Å². The topological polar surface area (TPSA) is 193 Å². The van der Waals surface area contributed by atoms with Crippen molar-refractivity contribution in [3.63, 3.8) is 0 Å². The summed E-state index contributed by atoms with van der Waals surface area (Å²) in [5.41, 5.74) is 4.53. The predicted octanol–water partition coefficient (Wildman–Crippen LogP) is 0.631. The monoisotopic (exact) mass is 543 g/mol. The first-order valence-electron chi connectivity index (χ1n) is 12.6. The number of likely N-dealkylation sites (N-methyl/N-ethyl adjacent to an activating group) is 1. The SMILES string of the molecule is C[C@H]1c2ccc(NC(=O)OC(C)(C)C)c(O)c2C(=O)C2C(=O)C3C(=O)C(C(N)=O)C(=O)[C@@H](N(C)C)C3[C@@H](O)C21. The second-order valence-corrected chi connectivity index (χ2v) is 11.8. The van der Waals surface area contributed by atoms with E-state index < -0.39 is 94.1 Å². The molecule has 0 aromatic heterocycles. The molecule has 0 aliphatic heterocycles. The number of ether oxygens (including phenoxy) is 1. The van der Waals surface area contributed by atoms with E-state index in [1.54, 1.807) is 27.7 Å². The fraction of sp³-hybridized carbons (Fsp3) is 0.556. The average molecular weight is 544 g/mol. The van der Waals surface area contributed by atoms with E-state index in [2.05, 4.69) is 5.32 Å². The molecular formula is C27H33N3O9. The minimum atomic E-state index is -1.88. The van der Waals surface area contributed by atoms with E-state index in [1.807, 2.05) is 0 Å². The van der Waals surface area contributed by atoms with Crippen LogP contribution in [0.5, 0.6) is 5.75 Å². The van der Waals surface area contributed by atoms with Crippen LogP contribution in [0, 0.1) is 29.6 Å². The zero-order chi connectivity index (χ0) is 29.3. The molecule has 0 saturated heterocycles. The number of aliphatic hydroxyl groups excluding tert-OH is 1. The second-order valence-electron chi connectivity index (χ2n) is 11.8. The Bertz CT molecular complexity index is 1300. The number of nitrogens with zero attached hydrogens (tertiary/aromatic N) is 1. The van der Waals surface area contributed by atoms with Gasteiger partial charge in [-0.15, -0.1) is 0 Å². The van der Waals surface area contributed by atoms with Crippen LogP contribution < -0.4 is 11.1 Å². The standard InChI is InChI=1S/C27H33N3O9/c1-9-10-7-8-11(29-26(38)39-27(2,3)4)19(31)13(10)21(33)15-12(9)20(32)14-16(22(15)34)23(35)17(25(28)37)24(36)18(14)30(5)6/h7-9,12,14-18,20,31-32H,1-6H3,(H2,28,37)(H,29,38)/t9-,12?,14?,15?,16?,17?,18-,20-/m0/s1. The van der Waals surface area contributed by atoms with Crippen molar-refractivity contribution in [2.75, 3.05) is 19.4 Å². The molecule has 8 atom stereocenters. The molecule has 0 bridgehead atoms. The van der Waals surface area contributed by atoms with Gasteiger partial charge in [0.25, 0.3) is 0 Å². The molecule has 0 spiro atoms. The summed E-state index contributed by atoms with van der Waals surface area (Å²) in [5, 5.41) is 25.0. The lowest BCUT2D eigenvalue weighted by molar-refractivity contribution is -0.167. The number of ketones is 4. The maximum atomic E-state index is 13.9. The molecule has 39 heavy (non-hydrogen) atoms. The third-order valence-corrected chi connectivity index (χ3v) is 7.99. The number of phenols is 1. The summed E-state index contributed by atoms with van der Waals surface area (Å²) in [5.74, 6) is -13.2. The van der Waals surface area contributed by atoms with Crippen molar-refractivity contribution in [1.29, 1.82) is 0 Å². The molecule has 2 fully saturated rings. The molecule has 4 rings (SSSR count). The van der Waals surface area contributed by atoms with Gasteiger partial charge in [-0.2, -0.15) is 0 Å². The van der Waals surface area contributed by atoms with Crippen LogP contribution in [0.4, 0.5) is 10.5 Å². The number of hydrogen-bond donors (Lipinski definition) is 4. The molecule has 5 unspecified atom stereocenters. The molecule has 3 aliphatic rings. The zero-order valence-corrected chi connectivity index (χ0v) is 22.6. The summed E-state index contributed by atoms with van der Waals surface area (Å²) < 4.78 is 5.20. The van der Waals surface area contributed by atoms with Gasteiger partial charge in [0, 0.05) is 11.8 Å². The van der Waals surface area contributed by atoms with Crippen molar-refractivity contribution < 1.29 is 43.7 Å². The van der Waals surface area contributed by atoms with Gasteiger partial charge >= 0.3 is 6.09 Å². The van der Waals surface area contributed by atoms with Gasteiger partial charge in [-0.3, -0.25) is 34.2 Å². The highest BCUT2D eigenvalue weighted by atomic mass is 16.6. The number of aromatic hydroxyl groups is 1. The molecule has 0 heterocycles. The summed E-state index contributed by atoms with van der Waals surface area (Å²) >= 11 is 0. The molecule has 12 nitrogen and oxygen atoms in total. The van der Waals surface area contributed by atoms with Gasteiger partial charge in [0.1, 0.15) is 11.4 Å². The Morgan fingerprint density at radius 2 is 1.62 bits per heavy atom. The number of rotatable bonds is 3. The number of amides is 2. The Morgan fingerprint density at radius 1 is 1.00 bits per heavy atom. The maximum Gasteiger partial charge on any atom is 0.412 e. The molecule has 210 valence electrons. The lowest BCUT2D eigenvalue weighted by Gasteiger charge is -2.52. The fourth-order valence-corrected chi connectivity index (χ4v) is 6.49. The first kappa shape index (κ1) is 28.4. The Labute approximate surface area is 224 Å². The van der Waals surface area contributed by atoms with Gasteiger partial charge in [0.15, 0.2) is 29.1 Å². The number of hydrogen-bond acceptors (Lipinski definition) is 10. The summed E-state index contributed by atoms with van der Waals surface area (Å²) in [4.78, 5) is 79.9. The number of nitrogens with two attached hydrogens (primary N) is 1. The lowest BCUT2D eigenvalue weighted by atomic mass is 9.51. The van der Waals surface area contributed by atoms with Crippen LogP contribution in [0.1, 0.15) is 49.5 Å². The van der Waals surface area contributed by atoms with E-state index in [0.717, 1.165) is 0 Å². The van der Waals surface area contributed by atoms with Gasteiger partial charge in [-0.25, -0.2) is 4.79 Å². The highest BCUT2D eigenvalue weighted by molar-refractivity contribution is 6.29. The number of carbonyl (C=O) groups is 6. The number of benzene rings is 1. The summed E-state index contributed by atoms with van der Waals surface area (Å²) in [6.07, 6.45) is -2.32. The smallest absolute Gasteiger partial charge is 0.412 e. The Hall–Kier alpha value is -3.64. The third-order valence-electron chi connectivity index (χ3n) is 7.99.